The number of aryl methyl sites for hydroxylation is 1. The van der Waals surface area contributed by atoms with E-state index in [1.165, 1.54) is 0 Å². The van der Waals surface area contributed by atoms with Crippen molar-refractivity contribution in [1.82, 2.24) is 15.0 Å². The number of nitrogens with two attached hydrogens (primary N) is 1. The number of hydrogen-bond acceptors (Lipinski definition) is 8. The summed E-state index contributed by atoms with van der Waals surface area (Å²) in [6.45, 7) is 1.88. The number of nitrogens with one attached hydrogen (secondary N) is 1. The van der Waals surface area contributed by atoms with E-state index in [2.05, 4.69) is 15.3 Å². The maximum absolute atomic E-state index is 13.4. The number of aromatic nitrogens is 3. The van der Waals surface area contributed by atoms with E-state index in [4.69, 9.17) is 27.2 Å². The van der Waals surface area contributed by atoms with Crippen molar-refractivity contribution in [3.05, 3.63) is 66.5 Å². The second kappa shape index (κ2) is 12.0. The van der Waals surface area contributed by atoms with Gasteiger partial charge < -0.3 is 15.8 Å². The molecule has 6 rings (SSSR count). The molecule has 42 heavy (non-hydrogen) atoms. The maximum atomic E-state index is 13.4. The molecular weight excluding hydrogens is 572 g/mol. The molecule has 2 aromatic heterocycles. The highest BCUT2D eigenvalue weighted by Gasteiger charge is 2.35. The molecule has 4 aromatic rings. The van der Waals surface area contributed by atoms with Crippen LogP contribution in [0.4, 0.5) is 11.6 Å². The molecule has 0 spiro atoms. The van der Waals surface area contributed by atoms with Crippen LogP contribution in [0, 0.1) is 6.92 Å². The first kappa shape index (κ1) is 28.6. The van der Waals surface area contributed by atoms with E-state index in [-0.39, 0.29) is 12.1 Å². The highest BCUT2D eigenvalue weighted by Crippen LogP contribution is 2.43. The fourth-order valence-corrected chi connectivity index (χ4v) is 8.08. The number of benzene rings is 2. The average molecular weight is 607 g/mol. The van der Waals surface area contributed by atoms with Crippen LogP contribution in [0.25, 0.3) is 22.0 Å². The van der Waals surface area contributed by atoms with Crippen molar-refractivity contribution < 1.29 is 13.2 Å². The molecule has 0 atom stereocenters. The number of pyridine rings is 1. The van der Waals surface area contributed by atoms with Crippen molar-refractivity contribution >= 4 is 44.2 Å². The topological polar surface area (TPSA) is 123 Å². The third-order valence-corrected chi connectivity index (χ3v) is 11.0. The molecule has 2 fully saturated rings. The van der Waals surface area contributed by atoms with Gasteiger partial charge in [-0.1, -0.05) is 37.1 Å². The molecule has 0 aliphatic heterocycles. The van der Waals surface area contributed by atoms with E-state index < -0.39 is 15.3 Å². The fraction of sp³-hybridized carbons (Fsp3) is 0.387. The second-order valence-corrected chi connectivity index (χ2v) is 13.8. The average Bonchev–Trinajstić information content (AvgIpc) is 3.56. The Morgan fingerprint density at radius 3 is 2.45 bits per heavy atom. The van der Waals surface area contributed by atoms with E-state index in [1.54, 1.807) is 18.5 Å². The fourth-order valence-electron chi connectivity index (χ4n) is 5.99. The Morgan fingerprint density at radius 1 is 0.952 bits per heavy atom. The van der Waals surface area contributed by atoms with E-state index >= 15 is 0 Å². The smallest absolute Gasteiger partial charge is 0.251 e. The van der Waals surface area contributed by atoms with Crippen molar-refractivity contribution in [2.75, 3.05) is 9.14 Å². The molecule has 2 aliphatic rings. The number of hydrogen-bond donors (Lipinski definition) is 2. The number of nitrogens with zero attached hydrogens (tertiary/aromatic N) is 4. The molecule has 11 heteroatoms. The summed E-state index contributed by atoms with van der Waals surface area (Å²) in [6, 6.07) is 15.4. The number of sulfonamides is 1. The SMILES string of the molecule is Cc1cc(N(Cl)S(=O)(=O)C2CCCC2)c2ccccc2c1Oc1ncccc1-c1ccnc(NC2CCC(N)CC2)n1. The van der Waals surface area contributed by atoms with Crippen LogP contribution in [0.3, 0.4) is 0 Å². The molecular formula is C31H35ClN6O3S. The third kappa shape index (κ3) is 5.75. The van der Waals surface area contributed by atoms with Gasteiger partial charge in [-0.15, -0.1) is 0 Å². The molecule has 220 valence electrons. The molecule has 9 nitrogen and oxygen atoms in total. The minimum absolute atomic E-state index is 0.267. The van der Waals surface area contributed by atoms with Crippen LogP contribution in [-0.4, -0.2) is 40.7 Å². The Bertz CT molecular complexity index is 1690. The van der Waals surface area contributed by atoms with Crippen molar-refractivity contribution in [1.29, 1.82) is 0 Å². The van der Waals surface area contributed by atoms with Gasteiger partial charge in [-0.25, -0.2) is 23.4 Å². The summed E-state index contributed by atoms with van der Waals surface area (Å²) >= 11 is 6.60. The number of anilines is 2. The Kier molecular flexibility index (Phi) is 8.20. The van der Waals surface area contributed by atoms with Gasteiger partial charge in [0.05, 0.1) is 22.2 Å². The summed E-state index contributed by atoms with van der Waals surface area (Å²) in [5.41, 5.74) is 8.60. The minimum Gasteiger partial charge on any atom is -0.437 e. The Labute approximate surface area is 251 Å². The van der Waals surface area contributed by atoms with Crippen molar-refractivity contribution in [2.45, 2.75) is 75.6 Å². The summed E-state index contributed by atoms with van der Waals surface area (Å²) in [5.74, 6) is 1.51. The summed E-state index contributed by atoms with van der Waals surface area (Å²) < 4.78 is 34.2. The van der Waals surface area contributed by atoms with Gasteiger partial charge in [0.15, 0.2) is 0 Å². The van der Waals surface area contributed by atoms with Gasteiger partial charge >= 0.3 is 0 Å². The minimum atomic E-state index is -3.71. The lowest BCUT2D eigenvalue weighted by atomic mass is 9.92. The van der Waals surface area contributed by atoms with E-state index in [0.29, 0.717) is 52.8 Å². The molecule has 0 saturated heterocycles. The van der Waals surface area contributed by atoms with Gasteiger partial charge in [0, 0.05) is 47.0 Å². The second-order valence-electron chi connectivity index (χ2n) is 11.2. The normalized spacial score (nSPS) is 19.6. The largest absolute Gasteiger partial charge is 0.437 e. The van der Waals surface area contributed by atoms with Gasteiger partial charge in [-0.05, 0) is 75.3 Å². The lowest BCUT2D eigenvalue weighted by Gasteiger charge is -2.26. The molecule has 2 heterocycles. The first-order valence-electron chi connectivity index (χ1n) is 14.5. The van der Waals surface area contributed by atoms with Crippen LogP contribution >= 0.6 is 11.8 Å². The predicted octanol–water partition coefficient (Wildman–Crippen LogP) is 6.71. The first-order chi connectivity index (χ1) is 20.3. The quantitative estimate of drug-likeness (QED) is 0.212. The van der Waals surface area contributed by atoms with Gasteiger partial charge in [-0.2, -0.15) is 3.82 Å². The first-order valence-corrected chi connectivity index (χ1v) is 16.4. The standard InChI is InChI=1S/C31H35ClN6O3S/c1-20-19-28(38(32)42(39,40)23-7-2-3-8-23)24-9-4-5-10-25(24)29(20)41-30-26(11-6-17-34-30)27-16-18-35-31(37-27)36-22-14-12-21(33)13-15-22/h4-6,9-11,16-19,21-23H,2-3,7-8,12-15,33H2,1H3,(H,35,36,37). The van der Waals surface area contributed by atoms with E-state index in [1.807, 2.05) is 49.4 Å². The number of ether oxygens (including phenoxy) is 1. The molecule has 0 bridgehead atoms. The molecule has 0 amide bonds. The van der Waals surface area contributed by atoms with Gasteiger partial charge in [0.2, 0.25) is 11.8 Å². The van der Waals surface area contributed by atoms with Gasteiger partial charge in [0.1, 0.15) is 5.75 Å². The summed E-state index contributed by atoms with van der Waals surface area (Å²) in [4.78, 5) is 13.8. The maximum Gasteiger partial charge on any atom is 0.251 e. The van der Waals surface area contributed by atoms with Crippen LogP contribution in [0.5, 0.6) is 11.6 Å². The molecule has 3 N–H and O–H groups in total. The highest BCUT2D eigenvalue weighted by atomic mass is 35.5. The van der Waals surface area contributed by atoms with Crippen LogP contribution < -0.4 is 19.6 Å². The number of rotatable bonds is 8. The van der Waals surface area contributed by atoms with Crippen molar-refractivity contribution in [3.63, 3.8) is 0 Å². The number of fused-ring (bicyclic) bond motifs is 1. The Morgan fingerprint density at radius 2 is 1.69 bits per heavy atom. The molecule has 2 saturated carbocycles. The molecule has 2 aliphatic carbocycles. The van der Waals surface area contributed by atoms with Gasteiger partial charge in [-0.3, -0.25) is 0 Å². The zero-order valence-corrected chi connectivity index (χ0v) is 25.1. The summed E-state index contributed by atoms with van der Waals surface area (Å²) in [7, 11) is -3.71. The summed E-state index contributed by atoms with van der Waals surface area (Å²) in [6.07, 6.45) is 10.4. The van der Waals surface area contributed by atoms with E-state index in [9.17, 15) is 8.42 Å². The van der Waals surface area contributed by atoms with Crippen LogP contribution in [-0.2, 0) is 10.0 Å². The molecule has 0 unspecified atom stereocenters. The van der Waals surface area contributed by atoms with Crippen LogP contribution in [0.2, 0.25) is 0 Å². The van der Waals surface area contributed by atoms with Crippen LogP contribution in [0.15, 0.2) is 60.9 Å². The zero-order valence-electron chi connectivity index (χ0n) is 23.5. The Hall–Kier alpha value is -3.47. The lowest BCUT2D eigenvalue weighted by Crippen LogP contribution is -2.33. The monoisotopic (exact) mass is 606 g/mol. The molecule has 2 aromatic carbocycles. The van der Waals surface area contributed by atoms with Crippen LogP contribution in [0.1, 0.15) is 56.9 Å². The number of halogens is 1. The van der Waals surface area contributed by atoms with E-state index in [0.717, 1.165) is 53.3 Å². The highest BCUT2D eigenvalue weighted by molar-refractivity contribution is 7.94. The molecule has 0 radical (unpaired) electrons. The van der Waals surface area contributed by atoms with Crippen molar-refractivity contribution in [2.24, 2.45) is 5.73 Å². The zero-order chi connectivity index (χ0) is 29.3. The van der Waals surface area contributed by atoms with Crippen molar-refractivity contribution in [3.8, 4) is 22.9 Å². The third-order valence-electron chi connectivity index (χ3n) is 8.30. The predicted molar refractivity (Wildman–Crippen MR) is 167 cm³/mol. The summed E-state index contributed by atoms with van der Waals surface area (Å²) in [5, 5.41) is 4.40. The Balaban J connectivity index is 1.33. The lowest BCUT2D eigenvalue weighted by molar-refractivity contribution is 0.410. The van der Waals surface area contributed by atoms with Gasteiger partial charge in [0.25, 0.3) is 10.0 Å².